The maximum absolute atomic E-state index is 13.1. The van der Waals surface area contributed by atoms with Crippen LogP contribution in [0.1, 0.15) is 20.3 Å². The van der Waals surface area contributed by atoms with E-state index in [1.54, 1.807) is 6.07 Å². The molecule has 1 aliphatic rings. The number of anilines is 1. The molecule has 96 valence electrons. The van der Waals surface area contributed by atoms with Gasteiger partial charge in [-0.15, -0.1) is 5.10 Å². The van der Waals surface area contributed by atoms with Crippen molar-refractivity contribution in [2.75, 3.05) is 11.9 Å². The second-order valence-electron chi connectivity index (χ2n) is 4.89. The van der Waals surface area contributed by atoms with Crippen molar-refractivity contribution in [3.63, 3.8) is 0 Å². The monoisotopic (exact) mass is 250 g/mol. The molecule has 2 aromatic rings. The molecule has 6 heteroatoms. The van der Waals surface area contributed by atoms with Gasteiger partial charge in [0.15, 0.2) is 5.65 Å². The van der Waals surface area contributed by atoms with E-state index in [0.29, 0.717) is 11.6 Å². The van der Waals surface area contributed by atoms with Gasteiger partial charge in [-0.2, -0.15) is 4.98 Å². The fourth-order valence-corrected chi connectivity index (χ4v) is 2.17. The first kappa shape index (κ1) is 11.4. The first-order valence-electron chi connectivity index (χ1n) is 5.98. The molecular formula is C12H15FN4O. The molecule has 1 N–H and O–H groups in total. The van der Waals surface area contributed by atoms with Gasteiger partial charge in [0, 0.05) is 6.61 Å². The highest BCUT2D eigenvalue weighted by Crippen LogP contribution is 2.28. The van der Waals surface area contributed by atoms with Crippen molar-refractivity contribution in [2.24, 2.45) is 0 Å². The lowest BCUT2D eigenvalue weighted by molar-refractivity contribution is 0.105. The quantitative estimate of drug-likeness (QED) is 0.883. The summed E-state index contributed by atoms with van der Waals surface area (Å²) in [6, 6.07) is 2.97. The molecule has 2 atom stereocenters. The molecule has 1 aliphatic heterocycles. The van der Waals surface area contributed by atoms with E-state index in [2.05, 4.69) is 22.3 Å². The SMILES string of the molecule is CC1OCCC1(C)Nc1nc2ccc(F)cn2n1. The Morgan fingerprint density at radius 3 is 3.11 bits per heavy atom. The highest BCUT2D eigenvalue weighted by Gasteiger charge is 2.37. The van der Waals surface area contributed by atoms with Gasteiger partial charge < -0.3 is 10.1 Å². The van der Waals surface area contributed by atoms with E-state index in [9.17, 15) is 4.39 Å². The lowest BCUT2D eigenvalue weighted by Crippen LogP contribution is -2.41. The van der Waals surface area contributed by atoms with Crippen molar-refractivity contribution in [3.8, 4) is 0 Å². The lowest BCUT2D eigenvalue weighted by atomic mass is 9.95. The lowest BCUT2D eigenvalue weighted by Gasteiger charge is -2.27. The van der Waals surface area contributed by atoms with Crippen molar-refractivity contribution in [3.05, 3.63) is 24.1 Å². The van der Waals surface area contributed by atoms with Gasteiger partial charge in [-0.3, -0.25) is 0 Å². The number of nitrogens with one attached hydrogen (secondary N) is 1. The molecule has 1 saturated heterocycles. The first-order valence-corrected chi connectivity index (χ1v) is 5.98. The minimum Gasteiger partial charge on any atom is -0.376 e. The van der Waals surface area contributed by atoms with Gasteiger partial charge in [0.1, 0.15) is 5.82 Å². The molecule has 3 heterocycles. The van der Waals surface area contributed by atoms with Crippen LogP contribution in [0.4, 0.5) is 10.3 Å². The second-order valence-corrected chi connectivity index (χ2v) is 4.89. The Balaban J connectivity index is 1.91. The minimum absolute atomic E-state index is 0.0980. The fraction of sp³-hybridized carbons (Fsp3) is 0.500. The van der Waals surface area contributed by atoms with E-state index < -0.39 is 0 Å². The van der Waals surface area contributed by atoms with E-state index >= 15 is 0 Å². The van der Waals surface area contributed by atoms with Gasteiger partial charge in [-0.05, 0) is 32.4 Å². The molecule has 2 unspecified atom stereocenters. The van der Waals surface area contributed by atoms with Crippen LogP contribution in [0, 0.1) is 5.82 Å². The Kier molecular flexibility index (Phi) is 2.48. The molecule has 0 spiro atoms. The number of aromatic nitrogens is 3. The van der Waals surface area contributed by atoms with E-state index in [0.717, 1.165) is 13.0 Å². The van der Waals surface area contributed by atoms with Crippen molar-refractivity contribution < 1.29 is 9.13 Å². The number of hydrogen-bond acceptors (Lipinski definition) is 4. The molecule has 0 radical (unpaired) electrons. The third-order valence-corrected chi connectivity index (χ3v) is 3.58. The fourth-order valence-electron chi connectivity index (χ4n) is 2.17. The normalized spacial score (nSPS) is 27.8. The number of fused-ring (bicyclic) bond motifs is 1. The smallest absolute Gasteiger partial charge is 0.243 e. The summed E-state index contributed by atoms with van der Waals surface area (Å²) in [4.78, 5) is 4.32. The number of halogens is 1. The zero-order chi connectivity index (χ0) is 12.8. The van der Waals surface area contributed by atoms with Crippen LogP contribution < -0.4 is 5.32 Å². The molecule has 3 rings (SSSR count). The summed E-state index contributed by atoms with van der Waals surface area (Å²) in [5.41, 5.74) is 0.442. The van der Waals surface area contributed by atoms with Gasteiger partial charge >= 0.3 is 0 Å². The van der Waals surface area contributed by atoms with E-state index in [4.69, 9.17) is 4.74 Å². The third-order valence-electron chi connectivity index (χ3n) is 3.58. The highest BCUT2D eigenvalue weighted by molar-refractivity contribution is 5.44. The van der Waals surface area contributed by atoms with Crippen LogP contribution in [0.2, 0.25) is 0 Å². The Hall–Kier alpha value is -1.69. The molecule has 1 fully saturated rings. The summed E-state index contributed by atoms with van der Waals surface area (Å²) in [7, 11) is 0. The van der Waals surface area contributed by atoms with Gasteiger partial charge in [0.25, 0.3) is 0 Å². The molecular weight excluding hydrogens is 235 g/mol. The summed E-state index contributed by atoms with van der Waals surface area (Å²) in [5, 5.41) is 7.50. The third kappa shape index (κ3) is 1.82. The van der Waals surface area contributed by atoms with Gasteiger partial charge in [0.2, 0.25) is 5.95 Å². The van der Waals surface area contributed by atoms with Crippen molar-refractivity contribution in [1.82, 2.24) is 14.6 Å². The molecule has 0 aromatic carbocycles. The summed E-state index contributed by atoms with van der Waals surface area (Å²) < 4.78 is 20.0. The van der Waals surface area contributed by atoms with Crippen LogP contribution in [-0.2, 0) is 4.74 Å². The largest absolute Gasteiger partial charge is 0.376 e. The molecule has 5 nitrogen and oxygen atoms in total. The predicted molar refractivity (Wildman–Crippen MR) is 65.0 cm³/mol. The van der Waals surface area contributed by atoms with Crippen molar-refractivity contribution in [2.45, 2.75) is 31.9 Å². The van der Waals surface area contributed by atoms with Gasteiger partial charge in [0.05, 0.1) is 17.8 Å². The second kappa shape index (κ2) is 3.91. The van der Waals surface area contributed by atoms with Gasteiger partial charge in [-0.25, -0.2) is 8.91 Å². The zero-order valence-corrected chi connectivity index (χ0v) is 10.4. The number of hydrogen-bond donors (Lipinski definition) is 1. The average Bonchev–Trinajstić information content (AvgIpc) is 2.83. The average molecular weight is 250 g/mol. The Morgan fingerprint density at radius 1 is 1.56 bits per heavy atom. The number of pyridine rings is 1. The van der Waals surface area contributed by atoms with E-state index in [-0.39, 0.29) is 17.5 Å². The molecule has 0 bridgehead atoms. The van der Waals surface area contributed by atoms with Crippen LogP contribution in [0.5, 0.6) is 0 Å². The first-order chi connectivity index (χ1) is 8.57. The van der Waals surface area contributed by atoms with Crippen molar-refractivity contribution in [1.29, 1.82) is 0 Å². The van der Waals surface area contributed by atoms with Crippen molar-refractivity contribution >= 4 is 11.6 Å². The Bertz CT molecular complexity index is 584. The Labute approximate surface area is 104 Å². The predicted octanol–water partition coefficient (Wildman–Crippen LogP) is 1.85. The number of nitrogens with zero attached hydrogens (tertiary/aromatic N) is 3. The summed E-state index contributed by atoms with van der Waals surface area (Å²) >= 11 is 0. The van der Waals surface area contributed by atoms with Crippen LogP contribution in [0.25, 0.3) is 5.65 Å². The zero-order valence-electron chi connectivity index (χ0n) is 10.4. The Morgan fingerprint density at radius 2 is 2.39 bits per heavy atom. The molecule has 0 amide bonds. The topological polar surface area (TPSA) is 51.5 Å². The van der Waals surface area contributed by atoms with E-state index in [1.165, 1.54) is 16.8 Å². The van der Waals surface area contributed by atoms with Crippen LogP contribution in [-0.4, -0.2) is 32.8 Å². The maximum atomic E-state index is 13.1. The maximum Gasteiger partial charge on any atom is 0.243 e. The summed E-state index contributed by atoms with van der Waals surface area (Å²) in [5.74, 6) is 0.170. The molecule has 0 aliphatic carbocycles. The van der Waals surface area contributed by atoms with Gasteiger partial charge in [-0.1, -0.05) is 0 Å². The molecule has 0 saturated carbocycles. The number of ether oxygens (including phenoxy) is 1. The molecule has 2 aromatic heterocycles. The minimum atomic E-state index is -0.331. The number of rotatable bonds is 2. The standard InChI is InChI=1S/C12H15FN4O/c1-8-12(2,5-6-18-8)15-11-14-10-4-3-9(13)7-17(10)16-11/h3-4,7-8H,5-6H2,1-2H3,(H,15,16). The van der Waals surface area contributed by atoms with Crippen LogP contribution in [0.15, 0.2) is 18.3 Å². The van der Waals surface area contributed by atoms with Crippen LogP contribution >= 0.6 is 0 Å². The van der Waals surface area contributed by atoms with E-state index in [1.807, 2.05) is 6.92 Å². The highest BCUT2D eigenvalue weighted by atomic mass is 19.1. The summed E-state index contributed by atoms with van der Waals surface area (Å²) in [6.07, 6.45) is 2.31. The molecule has 18 heavy (non-hydrogen) atoms. The van der Waals surface area contributed by atoms with Crippen LogP contribution in [0.3, 0.4) is 0 Å². The summed E-state index contributed by atoms with van der Waals surface area (Å²) in [6.45, 7) is 4.83.